The molecule has 0 amide bonds. The van der Waals surface area contributed by atoms with Crippen LogP contribution >= 0.6 is 0 Å². The Balaban J connectivity index is 2.17. The molecule has 2 aliphatic heterocycles. The molecule has 2 aliphatic rings. The summed E-state index contributed by atoms with van der Waals surface area (Å²) in [5.41, 5.74) is 8.37. The molecular formula is C11H13NO2. The maximum Gasteiger partial charge on any atom is 0.131 e. The van der Waals surface area contributed by atoms with E-state index in [-0.39, 0.29) is 6.04 Å². The van der Waals surface area contributed by atoms with Crippen molar-refractivity contribution in [1.29, 1.82) is 0 Å². The summed E-state index contributed by atoms with van der Waals surface area (Å²) in [5, 5.41) is 0. The van der Waals surface area contributed by atoms with E-state index in [9.17, 15) is 0 Å². The van der Waals surface area contributed by atoms with Crippen molar-refractivity contribution < 1.29 is 9.47 Å². The highest BCUT2D eigenvalue weighted by Gasteiger charge is 2.25. The van der Waals surface area contributed by atoms with Crippen molar-refractivity contribution in [2.24, 2.45) is 5.73 Å². The SMILES string of the molecule is NC1CCOc2c1ccc1c2CCO1. The number of rotatable bonds is 0. The third-order valence-electron chi connectivity index (χ3n) is 2.93. The topological polar surface area (TPSA) is 44.5 Å². The molecule has 0 aromatic heterocycles. The molecule has 0 spiro atoms. The average molecular weight is 191 g/mol. The fraction of sp³-hybridized carbons (Fsp3) is 0.455. The van der Waals surface area contributed by atoms with Crippen LogP contribution in [-0.4, -0.2) is 13.2 Å². The van der Waals surface area contributed by atoms with Gasteiger partial charge in [-0.3, -0.25) is 0 Å². The van der Waals surface area contributed by atoms with E-state index in [1.807, 2.05) is 12.1 Å². The van der Waals surface area contributed by atoms with Gasteiger partial charge in [0.2, 0.25) is 0 Å². The number of fused-ring (bicyclic) bond motifs is 3. The van der Waals surface area contributed by atoms with Crippen LogP contribution in [-0.2, 0) is 6.42 Å². The Morgan fingerprint density at radius 2 is 2.14 bits per heavy atom. The van der Waals surface area contributed by atoms with E-state index < -0.39 is 0 Å². The molecule has 0 fully saturated rings. The highest BCUT2D eigenvalue weighted by molar-refractivity contribution is 5.53. The van der Waals surface area contributed by atoms with Gasteiger partial charge in [-0.05, 0) is 6.07 Å². The maximum absolute atomic E-state index is 6.02. The summed E-state index contributed by atoms with van der Waals surface area (Å²) in [6.45, 7) is 1.50. The van der Waals surface area contributed by atoms with Crippen molar-refractivity contribution in [2.45, 2.75) is 18.9 Å². The third-order valence-corrected chi connectivity index (χ3v) is 2.93. The summed E-state index contributed by atoms with van der Waals surface area (Å²) in [7, 11) is 0. The first-order valence-corrected chi connectivity index (χ1v) is 5.03. The zero-order valence-electron chi connectivity index (χ0n) is 7.95. The van der Waals surface area contributed by atoms with Crippen molar-refractivity contribution in [3.05, 3.63) is 23.3 Å². The van der Waals surface area contributed by atoms with Crippen LogP contribution in [0.2, 0.25) is 0 Å². The number of benzene rings is 1. The Morgan fingerprint density at radius 3 is 3.07 bits per heavy atom. The van der Waals surface area contributed by atoms with E-state index in [1.165, 1.54) is 5.56 Å². The highest BCUT2D eigenvalue weighted by Crippen LogP contribution is 2.41. The van der Waals surface area contributed by atoms with E-state index >= 15 is 0 Å². The molecule has 74 valence electrons. The molecule has 3 heteroatoms. The zero-order valence-corrected chi connectivity index (χ0v) is 7.95. The van der Waals surface area contributed by atoms with Gasteiger partial charge in [-0.1, -0.05) is 6.07 Å². The van der Waals surface area contributed by atoms with Crippen LogP contribution in [0.25, 0.3) is 0 Å². The van der Waals surface area contributed by atoms with Crippen molar-refractivity contribution >= 4 is 0 Å². The fourth-order valence-electron chi connectivity index (χ4n) is 2.17. The molecule has 0 bridgehead atoms. The van der Waals surface area contributed by atoms with Crippen LogP contribution < -0.4 is 15.2 Å². The van der Waals surface area contributed by atoms with Crippen LogP contribution in [0.3, 0.4) is 0 Å². The Hall–Kier alpha value is -1.22. The molecule has 0 saturated heterocycles. The van der Waals surface area contributed by atoms with Crippen LogP contribution in [0.15, 0.2) is 12.1 Å². The first kappa shape index (κ1) is 8.12. The first-order chi connectivity index (χ1) is 6.86. The van der Waals surface area contributed by atoms with E-state index in [4.69, 9.17) is 15.2 Å². The molecule has 1 unspecified atom stereocenters. The first-order valence-electron chi connectivity index (χ1n) is 5.03. The lowest BCUT2D eigenvalue weighted by Gasteiger charge is -2.24. The molecule has 0 radical (unpaired) electrons. The Morgan fingerprint density at radius 1 is 1.21 bits per heavy atom. The van der Waals surface area contributed by atoms with Gasteiger partial charge in [-0.2, -0.15) is 0 Å². The highest BCUT2D eigenvalue weighted by atomic mass is 16.5. The molecule has 2 heterocycles. The van der Waals surface area contributed by atoms with Crippen molar-refractivity contribution in [3.8, 4) is 11.5 Å². The molecule has 2 N–H and O–H groups in total. The Bertz CT molecular complexity index is 376. The van der Waals surface area contributed by atoms with E-state index in [1.54, 1.807) is 0 Å². The molecule has 1 aromatic rings. The second kappa shape index (κ2) is 2.89. The molecule has 14 heavy (non-hydrogen) atoms. The standard InChI is InChI=1S/C11H13NO2/c12-9-4-6-14-11-7(9)1-2-10-8(11)3-5-13-10/h1-2,9H,3-6,12H2. The molecule has 1 aromatic carbocycles. The van der Waals surface area contributed by atoms with E-state index in [2.05, 4.69) is 0 Å². The van der Waals surface area contributed by atoms with Gasteiger partial charge in [-0.15, -0.1) is 0 Å². The minimum atomic E-state index is 0.129. The van der Waals surface area contributed by atoms with Gasteiger partial charge in [0.05, 0.1) is 13.2 Å². The largest absolute Gasteiger partial charge is 0.493 e. The summed E-state index contributed by atoms with van der Waals surface area (Å²) in [5.74, 6) is 1.96. The fourth-order valence-corrected chi connectivity index (χ4v) is 2.17. The second-order valence-corrected chi connectivity index (χ2v) is 3.80. The predicted molar refractivity (Wildman–Crippen MR) is 52.7 cm³/mol. The van der Waals surface area contributed by atoms with Gasteiger partial charge in [0.1, 0.15) is 11.5 Å². The van der Waals surface area contributed by atoms with Crippen LogP contribution in [0.1, 0.15) is 23.6 Å². The molecule has 3 rings (SSSR count). The van der Waals surface area contributed by atoms with Crippen molar-refractivity contribution in [1.82, 2.24) is 0 Å². The molecular weight excluding hydrogens is 178 g/mol. The van der Waals surface area contributed by atoms with Gasteiger partial charge in [0.15, 0.2) is 0 Å². The summed E-state index contributed by atoms with van der Waals surface area (Å²) in [6, 6.07) is 4.17. The van der Waals surface area contributed by atoms with Crippen LogP contribution in [0, 0.1) is 0 Å². The smallest absolute Gasteiger partial charge is 0.131 e. The van der Waals surface area contributed by atoms with Crippen molar-refractivity contribution in [3.63, 3.8) is 0 Å². The van der Waals surface area contributed by atoms with Gasteiger partial charge < -0.3 is 15.2 Å². The van der Waals surface area contributed by atoms with Gasteiger partial charge in [0.25, 0.3) is 0 Å². The lowest BCUT2D eigenvalue weighted by Crippen LogP contribution is -2.21. The number of hydrogen-bond donors (Lipinski definition) is 1. The Kier molecular flexibility index (Phi) is 1.67. The van der Waals surface area contributed by atoms with Gasteiger partial charge in [-0.25, -0.2) is 0 Å². The molecule has 0 saturated carbocycles. The van der Waals surface area contributed by atoms with E-state index in [0.29, 0.717) is 0 Å². The summed E-state index contributed by atoms with van der Waals surface area (Å²) < 4.78 is 11.2. The van der Waals surface area contributed by atoms with E-state index in [0.717, 1.165) is 43.1 Å². The minimum absolute atomic E-state index is 0.129. The predicted octanol–water partition coefficient (Wildman–Crippen LogP) is 1.40. The third kappa shape index (κ3) is 1.02. The summed E-state index contributed by atoms with van der Waals surface area (Å²) in [4.78, 5) is 0. The molecule has 3 nitrogen and oxygen atoms in total. The Labute approximate surface area is 82.8 Å². The normalized spacial score (nSPS) is 23.4. The summed E-state index contributed by atoms with van der Waals surface area (Å²) >= 11 is 0. The maximum atomic E-state index is 6.02. The second-order valence-electron chi connectivity index (χ2n) is 3.80. The molecule has 1 atom stereocenters. The molecule has 0 aliphatic carbocycles. The monoisotopic (exact) mass is 191 g/mol. The summed E-state index contributed by atoms with van der Waals surface area (Å²) in [6.07, 6.45) is 1.86. The van der Waals surface area contributed by atoms with Gasteiger partial charge in [0, 0.05) is 30.0 Å². The van der Waals surface area contributed by atoms with Gasteiger partial charge >= 0.3 is 0 Å². The quantitative estimate of drug-likeness (QED) is 0.674. The van der Waals surface area contributed by atoms with Crippen molar-refractivity contribution in [2.75, 3.05) is 13.2 Å². The number of ether oxygens (including phenoxy) is 2. The lowest BCUT2D eigenvalue weighted by atomic mass is 9.97. The number of nitrogens with two attached hydrogens (primary N) is 1. The lowest BCUT2D eigenvalue weighted by molar-refractivity contribution is 0.266. The van der Waals surface area contributed by atoms with Crippen LogP contribution in [0.4, 0.5) is 0 Å². The number of hydrogen-bond acceptors (Lipinski definition) is 3. The van der Waals surface area contributed by atoms with Crippen LogP contribution in [0.5, 0.6) is 11.5 Å². The minimum Gasteiger partial charge on any atom is -0.493 e. The average Bonchev–Trinajstić information content (AvgIpc) is 2.66. The zero-order chi connectivity index (χ0) is 9.54.